The van der Waals surface area contributed by atoms with Gasteiger partial charge in [-0.2, -0.15) is 35.6 Å². The van der Waals surface area contributed by atoms with Crippen LogP contribution in [-0.4, -0.2) is 17.6 Å². The number of para-hydroxylation sites is 3. The van der Waals surface area contributed by atoms with Crippen molar-refractivity contribution < 1.29 is 37.3 Å². The third-order valence-corrected chi connectivity index (χ3v) is 14.2. The van der Waals surface area contributed by atoms with E-state index in [0.717, 1.165) is 60.9 Å². The van der Waals surface area contributed by atoms with Gasteiger partial charge in [-0.25, -0.2) is 0 Å². The number of nitriles is 1. The van der Waals surface area contributed by atoms with E-state index in [1.807, 2.05) is 72.8 Å². The van der Waals surface area contributed by atoms with Crippen LogP contribution in [0.3, 0.4) is 0 Å². The van der Waals surface area contributed by atoms with Gasteiger partial charge >= 0.3 is 20.1 Å². The fourth-order valence-corrected chi connectivity index (χ4v) is 10.4. The van der Waals surface area contributed by atoms with Gasteiger partial charge in [0.15, 0.2) is 0 Å². The zero-order chi connectivity index (χ0) is 51.3. The van der Waals surface area contributed by atoms with Gasteiger partial charge < -0.3 is 18.5 Å². The van der Waals surface area contributed by atoms with Crippen molar-refractivity contribution in [2.24, 2.45) is 6.98 Å². The van der Waals surface area contributed by atoms with Crippen molar-refractivity contribution in [2.45, 2.75) is 66.0 Å². The number of hydrogen-bond donors (Lipinski definition) is 0. The summed E-state index contributed by atoms with van der Waals surface area (Å²) in [4.78, 5) is 4.82. The van der Waals surface area contributed by atoms with Crippen LogP contribution >= 0.6 is 0 Å². The van der Waals surface area contributed by atoms with E-state index < -0.39 is 21.9 Å². The van der Waals surface area contributed by atoms with Gasteiger partial charge in [-0.15, -0.1) is 17.3 Å². The molecule has 67 heavy (non-hydrogen) atoms. The molecule has 0 saturated carbocycles. The van der Waals surface area contributed by atoms with Gasteiger partial charge in [0.2, 0.25) is 6.33 Å². The summed E-state index contributed by atoms with van der Waals surface area (Å²) in [6.07, 6.45) is 4.40. The quantitative estimate of drug-likeness (QED) is 0.0865. The van der Waals surface area contributed by atoms with E-state index in [-0.39, 0.29) is 37.5 Å². The number of benzene rings is 7. The third-order valence-electron chi connectivity index (χ3n) is 12.2. The molecule has 0 N–H and O–H groups in total. The van der Waals surface area contributed by atoms with Crippen molar-refractivity contribution in [1.82, 2.24) is 9.55 Å². The summed E-state index contributed by atoms with van der Waals surface area (Å²) in [5.41, 5.74) is 13.1. The Morgan fingerprint density at radius 2 is 1.43 bits per heavy atom. The smallest absolute Gasteiger partial charge is 0.500 e. The molecule has 10 aromatic rings. The fourth-order valence-electron chi connectivity index (χ4n) is 8.93. The van der Waals surface area contributed by atoms with Crippen LogP contribution in [0.2, 0.25) is 19.6 Å². The number of pyridine rings is 1. The molecule has 0 aliphatic heterocycles. The van der Waals surface area contributed by atoms with Crippen LogP contribution in [0.4, 0.5) is 0 Å². The Bertz CT molecular complexity index is 3640. The van der Waals surface area contributed by atoms with Crippen molar-refractivity contribution >= 4 is 46.2 Å². The second-order valence-corrected chi connectivity index (χ2v) is 23.3. The van der Waals surface area contributed by atoms with Gasteiger partial charge in [-0.3, -0.25) is 0 Å². The molecule has 0 radical (unpaired) electrons. The zero-order valence-electron chi connectivity index (χ0n) is 44.6. The van der Waals surface area contributed by atoms with Crippen LogP contribution in [0.5, 0.6) is 0 Å². The second kappa shape index (κ2) is 19.3. The average molecular weight is 1070 g/mol. The van der Waals surface area contributed by atoms with Crippen molar-refractivity contribution in [3.8, 4) is 56.4 Å². The van der Waals surface area contributed by atoms with Crippen LogP contribution < -0.4 is 9.75 Å². The predicted molar refractivity (Wildman–Crippen MR) is 275 cm³/mol. The summed E-state index contributed by atoms with van der Waals surface area (Å²) in [5, 5.41) is 13.5. The molecule has 0 amide bonds. The molecule has 0 unspecified atom stereocenters. The first kappa shape index (κ1) is 39.5. The monoisotopic (exact) mass is 1070 g/mol. The molecule has 7 heteroatoms. The van der Waals surface area contributed by atoms with Crippen molar-refractivity contribution in [3.63, 3.8) is 0 Å². The standard InChI is InChI=1S/C46H43N2OSi.C14H11N2.Ir/c1-28(2)35-15-12-16-36(29(3)4)43(35)39-25-40(48-27-30(39)5)37-23-24-41(50(6,7)8)44-38-22-21-34(26-47)42(46(38)49-45(37)44)33-19-17-32(18-20-33)31-13-10-9-11-14-31;1-15-11-16(12-7-3-2-4-8-12)14-10-6-5-9-13(14)15;/h9-22,24-25,27-29H,1-8H3;2-7,9-10H,1H3;/q2*-1;+3/i5D3;1D3;. The molecular formula is C60H54IrN4OSi+. The summed E-state index contributed by atoms with van der Waals surface area (Å²) in [7, 11) is -1.95. The van der Waals surface area contributed by atoms with Gasteiger partial charge in [-0.05, 0) is 75.0 Å². The SMILES string of the molecule is [2H]C([2H])([2H])[n+]1[c-]n(-c2[c-]cccc2)c2ccccc21.[2H]C([2H])([2H])c1cnc(-c2[c-]cc([Si](C)(C)C)c3c2oc2c(-c4ccc(-c5ccccc5)cc4)c(C#N)ccc23)cc1-c1c(C(C)C)cccc1C(C)C.[Ir+3]. The van der Waals surface area contributed by atoms with E-state index in [4.69, 9.17) is 17.6 Å². The van der Waals surface area contributed by atoms with Gasteiger partial charge in [0.25, 0.3) is 0 Å². The van der Waals surface area contributed by atoms with Crippen molar-refractivity contribution in [3.05, 3.63) is 193 Å². The van der Waals surface area contributed by atoms with Crippen LogP contribution in [0, 0.1) is 36.6 Å². The summed E-state index contributed by atoms with van der Waals surface area (Å²) >= 11 is 0. The van der Waals surface area contributed by atoms with Crippen LogP contribution in [-0.2, 0) is 27.1 Å². The molecule has 7 aromatic carbocycles. The molecule has 0 saturated heterocycles. The van der Waals surface area contributed by atoms with Gasteiger partial charge in [0, 0.05) is 29.3 Å². The average Bonchev–Trinajstić information content (AvgIpc) is 3.96. The van der Waals surface area contributed by atoms with Crippen LogP contribution in [0.15, 0.2) is 156 Å². The molecule has 3 aromatic heterocycles. The van der Waals surface area contributed by atoms with Crippen LogP contribution in [0.1, 0.15) is 70.0 Å². The fraction of sp³-hybridized carbons (Fsp3) is 0.183. The number of imidazole rings is 1. The van der Waals surface area contributed by atoms with E-state index in [1.54, 1.807) is 16.7 Å². The maximum Gasteiger partial charge on any atom is 3.00 e. The first-order valence-corrected chi connectivity index (χ1v) is 25.8. The molecule has 0 atom stereocenters. The van der Waals surface area contributed by atoms with Gasteiger partial charge in [-0.1, -0.05) is 173 Å². The molecule has 10 rings (SSSR count). The molecule has 3 heterocycles. The summed E-state index contributed by atoms with van der Waals surface area (Å²) < 4.78 is 58.2. The second-order valence-electron chi connectivity index (χ2n) is 18.3. The largest absolute Gasteiger partial charge is 3.00 e. The Morgan fingerprint density at radius 1 is 0.746 bits per heavy atom. The third kappa shape index (κ3) is 8.98. The molecule has 0 aliphatic rings. The maximum absolute atomic E-state index is 10.4. The molecule has 332 valence electrons. The number of aryl methyl sites for hydroxylation is 2. The van der Waals surface area contributed by atoms with Crippen molar-refractivity contribution in [2.75, 3.05) is 0 Å². The molecule has 0 bridgehead atoms. The molecule has 0 aliphatic carbocycles. The number of aromatic nitrogens is 3. The molecular weight excluding hydrogens is 1010 g/mol. The Balaban J connectivity index is 0.000000297. The van der Waals surface area contributed by atoms with E-state index >= 15 is 0 Å². The number of furan rings is 1. The summed E-state index contributed by atoms with van der Waals surface area (Å²) in [6, 6.07) is 56.4. The van der Waals surface area contributed by atoms with Gasteiger partial charge in [0.1, 0.15) is 5.58 Å². The number of rotatable bonds is 8. The first-order chi connectivity index (χ1) is 34.3. The van der Waals surface area contributed by atoms with E-state index in [0.29, 0.717) is 39.1 Å². The minimum absolute atomic E-state index is 0. The number of nitrogens with zero attached hydrogens (tertiary/aromatic N) is 4. The number of fused-ring (bicyclic) bond motifs is 4. The minimum atomic E-state index is -2.38. The van der Waals surface area contributed by atoms with E-state index in [9.17, 15) is 5.26 Å². The number of hydrogen-bond acceptors (Lipinski definition) is 3. The minimum Gasteiger partial charge on any atom is -0.500 e. The Kier molecular flexibility index (Phi) is 11.4. The molecule has 5 nitrogen and oxygen atoms in total. The Labute approximate surface area is 418 Å². The molecule has 0 spiro atoms. The Morgan fingerprint density at radius 3 is 2.09 bits per heavy atom. The Hall–Kier alpha value is -6.68. The van der Waals surface area contributed by atoms with Crippen molar-refractivity contribution in [1.29, 1.82) is 5.26 Å². The molecule has 0 fully saturated rings. The summed E-state index contributed by atoms with van der Waals surface area (Å²) in [5.74, 6) is 0.341. The zero-order valence-corrected chi connectivity index (χ0v) is 42.0. The maximum atomic E-state index is 10.4. The normalized spacial score (nSPS) is 13.2. The van der Waals surface area contributed by atoms with Crippen LogP contribution in [0.25, 0.3) is 83.3 Å². The van der Waals surface area contributed by atoms with E-state index in [2.05, 4.69) is 133 Å². The van der Waals surface area contributed by atoms with E-state index in [1.165, 1.54) is 16.0 Å². The summed E-state index contributed by atoms with van der Waals surface area (Å²) in [6.45, 7) is 10.9. The van der Waals surface area contributed by atoms with Gasteiger partial charge in [0.05, 0.1) is 39.3 Å². The topological polar surface area (TPSA) is 58.6 Å². The first-order valence-electron chi connectivity index (χ1n) is 25.3. The predicted octanol–water partition coefficient (Wildman–Crippen LogP) is 14.5.